The van der Waals surface area contributed by atoms with Crippen LogP contribution in [0, 0.1) is 0 Å². The monoisotopic (exact) mass is 1160 g/mol. The summed E-state index contributed by atoms with van der Waals surface area (Å²) in [4.78, 5) is 35.2. The molecule has 0 heterocycles. The SMILES string of the molecule is CC/C=C\C/C=C\C/C=C\C/C=C\C/C=C\CCCCCC(=O)OC(COC(=O)CCCCCCCCCCCCCCCCCCCCCCCCCCCCCCCCCCCCCCCCCCC)COP(=O)(O)OCCN. The van der Waals surface area contributed by atoms with Gasteiger partial charge in [-0.2, -0.15) is 0 Å². The van der Waals surface area contributed by atoms with Crippen LogP contribution in [-0.4, -0.2) is 49.3 Å². The highest BCUT2D eigenvalue weighted by Crippen LogP contribution is 2.43. The summed E-state index contributed by atoms with van der Waals surface area (Å²) in [5, 5.41) is 0. The van der Waals surface area contributed by atoms with E-state index in [1.807, 2.05) is 0 Å². The number of carbonyl (C=O) groups is 2. The Bertz CT molecular complexity index is 1510. The van der Waals surface area contributed by atoms with Gasteiger partial charge >= 0.3 is 19.8 Å². The molecule has 3 N–H and O–H groups in total. The summed E-state index contributed by atoms with van der Waals surface area (Å²) >= 11 is 0. The van der Waals surface area contributed by atoms with Gasteiger partial charge in [0.1, 0.15) is 6.61 Å². The summed E-state index contributed by atoms with van der Waals surface area (Å²) in [6, 6.07) is 0. The van der Waals surface area contributed by atoms with Crippen molar-refractivity contribution in [3.63, 3.8) is 0 Å². The Balaban J connectivity index is 3.74. The molecular weight excluding hydrogens is 1030 g/mol. The van der Waals surface area contributed by atoms with E-state index in [4.69, 9.17) is 24.3 Å². The van der Waals surface area contributed by atoms with E-state index in [9.17, 15) is 19.0 Å². The van der Waals surface area contributed by atoms with Gasteiger partial charge in [0.2, 0.25) is 0 Å². The third-order valence-corrected chi connectivity index (χ3v) is 16.4. The normalized spacial score (nSPS) is 13.3. The van der Waals surface area contributed by atoms with Gasteiger partial charge in [-0.05, 0) is 57.8 Å². The average molecular weight is 1160 g/mol. The van der Waals surface area contributed by atoms with Crippen molar-refractivity contribution < 1.29 is 37.6 Å². The second-order valence-electron chi connectivity index (χ2n) is 23.4. The molecule has 474 valence electrons. The summed E-state index contributed by atoms with van der Waals surface area (Å²) in [5.74, 6) is -0.855. The predicted octanol–water partition coefficient (Wildman–Crippen LogP) is 22.6. The van der Waals surface area contributed by atoms with Gasteiger partial charge in [-0.25, -0.2) is 4.57 Å². The van der Waals surface area contributed by atoms with Crippen molar-refractivity contribution in [3.05, 3.63) is 60.8 Å². The van der Waals surface area contributed by atoms with Gasteiger partial charge < -0.3 is 20.1 Å². The maximum absolute atomic E-state index is 12.7. The zero-order valence-electron chi connectivity index (χ0n) is 53.3. The molecule has 0 aliphatic heterocycles. The van der Waals surface area contributed by atoms with Crippen molar-refractivity contribution >= 4 is 19.8 Å². The van der Waals surface area contributed by atoms with Gasteiger partial charge in [0.05, 0.1) is 13.2 Å². The smallest absolute Gasteiger partial charge is 0.462 e. The number of phosphoric acid groups is 1. The Morgan fingerprint density at radius 2 is 0.679 bits per heavy atom. The third-order valence-electron chi connectivity index (χ3n) is 15.4. The fraction of sp³-hybridized carbons (Fsp3) is 0.831. The molecule has 9 nitrogen and oxygen atoms in total. The first-order valence-electron chi connectivity index (χ1n) is 34.8. The van der Waals surface area contributed by atoms with E-state index in [1.54, 1.807) is 0 Å². The van der Waals surface area contributed by atoms with E-state index in [0.29, 0.717) is 6.42 Å². The summed E-state index contributed by atoms with van der Waals surface area (Å²) in [5.41, 5.74) is 5.39. The summed E-state index contributed by atoms with van der Waals surface area (Å²) in [7, 11) is -4.40. The first-order valence-corrected chi connectivity index (χ1v) is 36.3. The minimum Gasteiger partial charge on any atom is -0.462 e. The van der Waals surface area contributed by atoms with Gasteiger partial charge in [0.15, 0.2) is 6.10 Å². The Labute approximate surface area is 501 Å². The first kappa shape index (κ1) is 78.7. The van der Waals surface area contributed by atoms with Crippen LogP contribution in [0.15, 0.2) is 60.8 Å². The fourth-order valence-electron chi connectivity index (χ4n) is 10.3. The molecule has 10 heteroatoms. The number of carbonyl (C=O) groups excluding carboxylic acids is 2. The molecule has 0 saturated carbocycles. The van der Waals surface area contributed by atoms with Crippen molar-refractivity contribution in [2.75, 3.05) is 26.4 Å². The molecule has 81 heavy (non-hydrogen) atoms. The van der Waals surface area contributed by atoms with Gasteiger partial charge in [0, 0.05) is 19.4 Å². The van der Waals surface area contributed by atoms with E-state index >= 15 is 0 Å². The molecule has 0 rings (SSSR count). The molecule has 0 radical (unpaired) electrons. The van der Waals surface area contributed by atoms with Crippen molar-refractivity contribution in [3.8, 4) is 0 Å². The second kappa shape index (κ2) is 66.8. The summed E-state index contributed by atoms with van der Waals surface area (Å²) < 4.78 is 33.1. The topological polar surface area (TPSA) is 134 Å². The van der Waals surface area contributed by atoms with Crippen molar-refractivity contribution in [2.24, 2.45) is 5.73 Å². The van der Waals surface area contributed by atoms with E-state index in [1.165, 1.54) is 244 Å². The van der Waals surface area contributed by atoms with Crippen LogP contribution in [0.2, 0.25) is 0 Å². The Morgan fingerprint density at radius 1 is 0.383 bits per heavy atom. The van der Waals surface area contributed by atoms with Crippen LogP contribution in [0.5, 0.6) is 0 Å². The van der Waals surface area contributed by atoms with Crippen LogP contribution < -0.4 is 5.73 Å². The lowest BCUT2D eigenvalue weighted by Gasteiger charge is -2.19. The Hall–Kier alpha value is -2.29. The molecule has 0 bridgehead atoms. The number of hydrogen-bond acceptors (Lipinski definition) is 8. The van der Waals surface area contributed by atoms with Crippen LogP contribution >= 0.6 is 7.82 Å². The highest BCUT2D eigenvalue weighted by atomic mass is 31.2. The molecule has 0 aromatic rings. The molecular formula is C71H132NO8P. The molecule has 2 atom stereocenters. The molecule has 0 saturated heterocycles. The molecule has 0 amide bonds. The Kier molecular flexibility index (Phi) is 65.0. The first-order chi connectivity index (χ1) is 39.8. The highest BCUT2D eigenvalue weighted by molar-refractivity contribution is 7.47. The van der Waals surface area contributed by atoms with E-state index in [-0.39, 0.29) is 38.6 Å². The number of ether oxygens (including phenoxy) is 2. The lowest BCUT2D eigenvalue weighted by molar-refractivity contribution is -0.161. The number of phosphoric ester groups is 1. The largest absolute Gasteiger partial charge is 0.472 e. The minimum absolute atomic E-state index is 0.0465. The van der Waals surface area contributed by atoms with E-state index in [0.717, 1.165) is 70.6 Å². The van der Waals surface area contributed by atoms with Crippen molar-refractivity contribution in [1.82, 2.24) is 0 Å². The maximum Gasteiger partial charge on any atom is 0.472 e. The average Bonchev–Trinajstić information content (AvgIpc) is 3.46. The van der Waals surface area contributed by atoms with Crippen LogP contribution in [0.25, 0.3) is 0 Å². The zero-order chi connectivity index (χ0) is 58.7. The quantitative estimate of drug-likeness (QED) is 0.0264. The molecule has 0 aliphatic rings. The summed E-state index contributed by atoms with van der Waals surface area (Å²) in [6.07, 6.45) is 86.4. The molecule has 0 spiro atoms. The molecule has 2 unspecified atom stereocenters. The fourth-order valence-corrected chi connectivity index (χ4v) is 11.1. The number of unbranched alkanes of at least 4 members (excludes halogenated alkanes) is 43. The van der Waals surface area contributed by atoms with Gasteiger partial charge in [-0.1, -0.05) is 338 Å². The third kappa shape index (κ3) is 66.7. The van der Waals surface area contributed by atoms with Crippen molar-refractivity contribution in [1.29, 1.82) is 0 Å². The van der Waals surface area contributed by atoms with Gasteiger partial charge in [0.25, 0.3) is 0 Å². The number of nitrogens with two attached hydrogens (primary N) is 1. The summed E-state index contributed by atoms with van der Waals surface area (Å²) in [6.45, 7) is 3.63. The lowest BCUT2D eigenvalue weighted by Crippen LogP contribution is -2.29. The molecule has 0 fully saturated rings. The highest BCUT2D eigenvalue weighted by Gasteiger charge is 2.26. The number of rotatable bonds is 66. The van der Waals surface area contributed by atoms with Gasteiger partial charge in [-0.15, -0.1) is 0 Å². The minimum atomic E-state index is -4.40. The lowest BCUT2D eigenvalue weighted by atomic mass is 10.0. The van der Waals surface area contributed by atoms with Crippen LogP contribution in [0.3, 0.4) is 0 Å². The van der Waals surface area contributed by atoms with Crippen LogP contribution in [-0.2, 0) is 32.7 Å². The molecule has 0 aromatic heterocycles. The van der Waals surface area contributed by atoms with Crippen LogP contribution in [0.1, 0.15) is 348 Å². The van der Waals surface area contributed by atoms with E-state index in [2.05, 4.69) is 74.6 Å². The second-order valence-corrected chi connectivity index (χ2v) is 24.8. The van der Waals surface area contributed by atoms with Crippen LogP contribution in [0.4, 0.5) is 0 Å². The van der Waals surface area contributed by atoms with Crippen molar-refractivity contribution in [2.45, 2.75) is 354 Å². The molecule has 0 aromatic carbocycles. The van der Waals surface area contributed by atoms with E-state index < -0.39 is 26.5 Å². The zero-order valence-corrected chi connectivity index (χ0v) is 54.2. The standard InChI is InChI=1S/C71H132NO8P/c1-3-5-7-9-11-13-15-17-19-21-23-24-25-26-27-28-29-30-31-32-33-34-35-36-37-38-39-40-41-42-43-44-46-47-49-51-53-55-57-59-61-63-70(73)77-67-69(68-79-81(75,76)78-66-65-72)80-71(74)64-62-60-58-56-54-52-50-48-45-22-20-18-16-14-12-10-8-6-4-2/h6,8,12,14,18,20,45,48,52,54,69H,3-5,7,9-11,13,15-17,19,21-44,46-47,49-51,53,55-68,72H2,1-2H3,(H,75,76)/b8-6-,14-12-,20-18-,48-45-,54-52-. The van der Waals surface area contributed by atoms with Gasteiger partial charge in [-0.3, -0.25) is 18.6 Å². The predicted molar refractivity (Wildman–Crippen MR) is 349 cm³/mol. The number of hydrogen-bond donors (Lipinski definition) is 2. The maximum atomic E-state index is 12.7. The number of allylic oxidation sites excluding steroid dienone is 10. The number of esters is 2. The molecule has 0 aliphatic carbocycles. The Morgan fingerprint density at radius 3 is 1.01 bits per heavy atom.